The number of aromatic carboxylic acids is 1. The zero-order valence-corrected chi connectivity index (χ0v) is 17.9. The number of rotatable bonds is 8. The Morgan fingerprint density at radius 1 is 1.16 bits per heavy atom. The van der Waals surface area contributed by atoms with Crippen LogP contribution in [0.4, 0.5) is 8.78 Å². The topological polar surface area (TPSA) is 62.7 Å². The lowest BCUT2D eigenvalue weighted by Crippen LogP contribution is -2.35. The van der Waals surface area contributed by atoms with Crippen LogP contribution in [0.5, 0.6) is 5.75 Å². The molecule has 2 aromatic rings. The van der Waals surface area contributed by atoms with Crippen molar-refractivity contribution in [2.45, 2.75) is 44.8 Å². The van der Waals surface area contributed by atoms with E-state index in [1.807, 2.05) is 0 Å². The quantitative estimate of drug-likeness (QED) is 0.598. The summed E-state index contributed by atoms with van der Waals surface area (Å²) in [6.45, 7) is 2.17. The lowest BCUT2D eigenvalue weighted by molar-refractivity contribution is 0.0691. The van der Waals surface area contributed by atoms with Gasteiger partial charge in [0.15, 0.2) is 0 Å². The number of aromatic nitrogens is 1. The molecule has 1 aromatic heterocycles. The predicted octanol–water partition coefficient (Wildman–Crippen LogP) is 5.21. The molecule has 1 aliphatic carbocycles. The molecule has 166 valence electrons. The van der Waals surface area contributed by atoms with Crippen LogP contribution in [-0.2, 0) is 13.2 Å². The maximum absolute atomic E-state index is 14.2. The Kier molecular flexibility index (Phi) is 6.72. The second kappa shape index (κ2) is 9.49. The van der Waals surface area contributed by atoms with Gasteiger partial charge in [-0.15, -0.1) is 0 Å². The minimum atomic E-state index is -1.26. The molecule has 1 aliphatic heterocycles. The van der Waals surface area contributed by atoms with E-state index in [0.29, 0.717) is 35.5 Å². The maximum atomic E-state index is 14.2. The number of hydrogen-bond acceptors (Lipinski definition) is 4. The number of pyridine rings is 1. The van der Waals surface area contributed by atoms with E-state index in [0.717, 1.165) is 50.0 Å². The first-order chi connectivity index (χ1) is 14.9. The Morgan fingerprint density at radius 3 is 2.52 bits per heavy atom. The van der Waals surface area contributed by atoms with Crippen molar-refractivity contribution in [2.75, 3.05) is 19.7 Å². The fraction of sp³-hybridized carbons (Fsp3) is 0.478. The van der Waals surface area contributed by atoms with Crippen molar-refractivity contribution in [1.82, 2.24) is 9.88 Å². The van der Waals surface area contributed by atoms with Crippen molar-refractivity contribution in [3.05, 3.63) is 57.6 Å². The van der Waals surface area contributed by atoms with Crippen LogP contribution in [0.3, 0.4) is 0 Å². The number of carboxylic acid groups (broad SMARTS) is 1. The van der Waals surface area contributed by atoms with Gasteiger partial charge >= 0.3 is 5.97 Å². The Morgan fingerprint density at radius 2 is 1.87 bits per heavy atom. The molecule has 1 saturated heterocycles. The molecule has 1 aromatic carbocycles. The fourth-order valence-corrected chi connectivity index (χ4v) is 4.33. The number of likely N-dealkylation sites (tertiary alicyclic amines) is 1. The van der Waals surface area contributed by atoms with Gasteiger partial charge in [0.05, 0.1) is 23.6 Å². The molecule has 2 heterocycles. The van der Waals surface area contributed by atoms with E-state index in [1.165, 1.54) is 18.2 Å². The highest BCUT2D eigenvalue weighted by molar-refractivity contribution is 6.30. The van der Waals surface area contributed by atoms with Crippen molar-refractivity contribution in [3.63, 3.8) is 0 Å². The second-order valence-corrected chi connectivity index (χ2v) is 8.82. The van der Waals surface area contributed by atoms with Crippen molar-refractivity contribution < 1.29 is 23.4 Å². The van der Waals surface area contributed by atoms with Gasteiger partial charge in [-0.05, 0) is 74.4 Å². The van der Waals surface area contributed by atoms with Gasteiger partial charge in [-0.1, -0.05) is 11.6 Å². The highest BCUT2D eigenvalue weighted by atomic mass is 35.5. The maximum Gasteiger partial charge on any atom is 0.338 e. The van der Waals surface area contributed by atoms with E-state index in [2.05, 4.69) is 9.88 Å². The third kappa shape index (κ3) is 5.52. The van der Waals surface area contributed by atoms with Crippen molar-refractivity contribution >= 4 is 17.6 Å². The Balaban J connectivity index is 1.32. The summed E-state index contributed by atoms with van der Waals surface area (Å²) in [6.07, 6.45) is 3.79. The molecule has 0 radical (unpaired) electrons. The van der Waals surface area contributed by atoms with E-state index in [9.17, 15) is 18.7 Å². The van der Waals surface area contributed by atoms with E-state index >= 15 is 0 Å². The average molecular weight is 451 g/mol. The molecule has 1 saturated carbocycles. The SMILES string of the molecule is O=C(O)c1cc(C2CC2)c(OCC2CCN(Cc3cc(Cl)cc(CF)n3)CC2)cc1F. The molecule has 0 unspecified atom stereocenters. The third-order valence-corrected chi connectivity index (χ3v) is 6.17. The number of benzene rings is 1. The minimum absolute atomic E-state index is 0.259. The number of halogens is 3. The van der Waals surface area contributed by atoms with Gasteiger partial charge in [-0.25, -0.2) is 13.6 Å². The molecule has 0 amide bonds. The number of carbonyl (C=O) groups is 1. The van der Waals surface area contributed by atoms with Gasteiger partial charge in [0.1, 0.15) is 18.2 Å². The fourth-order valence-electron chi connectivity index (χ4n) is 4.08. The van der Waals surface area contributed by atoms with Gasteiger partial charge in [0, 0.05) is 17.6 Å². The molecule has 31 heavy (non-hydrogen) atoms. The zero-order valence-electron chi connectivity index (χ0n) is 17.1. The highest BCUT2D eigenvalue weighted by Gasteiger charge is 2.30. The van der Waals surface area contributed by atoms with Crippen LogP contribution < -0.4 is 4.74 Å². The van der Waals surface area contributed by atoms with E-state index < -0.39 is 18.5 Å². The van der Waals surface area contributed by atoms with E-state index in [4.69, 9.17) is 16.3 Å². The first-order valence-corrected chi connectivity index (χ1v) is 10.9. The second-order valence-electron chi connectivity index (χ2n) is 8.38. The number of carboxylic acids is 1. The van der Waals surface area contributed by atoms with Crippen molar-refractivity contribution in [2.24, 2.45) is 5.92 Å². The molecule has 4 rings (SSSR count). The summed E-state index contributed by atoms with van der Waals surface area (Å²) in [6, 6.07) is 5.96. The highest BCUT2D eigenvalue weighted by Crippen LogP contribution is 2.45. The third-order valence-electron chi connectivity index (χ3n) is 5.95. The van der Waals surface area contributed by atoms with E-state index in [-0.39, 0.29) is 11.5 Å². The number of alkyl halides is 1. The Bertz CT molecular complexity index is 960. The van der Waals surface area contributed by atoms with E-state index in [1.54, 1.807) is 6.07 Å². The van der Waals surface area contributed by atoms with Gasteiger partial charge in [-0.2, -0.15) is 0 Å². The number of hydrogen-bond donors (Lipinski definition) is 1. The molecule has 2 aliphatic rings. The molecule has 8 heteroatoms. The predicted molar refractivity (Wildman–Crippen MR) is 113 cm³/mol. The molecule has 0 bridgehead atoms. The number of nitrogens with zero attached hydrogens (tertiary/aromatic N) is 2. The van der Waals surface area contributed by atoms with Crippen LogP contribution >= 0.6 is 11.6 Å². The molecule has 2 fully saturated rings. The molecule has 0 spiro atoms. The van der Waals surface area contributed by atoms with Crippen molar-refractivity contribution in [1.29, 1.82) is 0 Å². The smallest absolute Gasteiger partial charge is 0.338 e. The molecule has 5 nitrogen and oxygen atoms in total. The monoisotopic (exact) mass is 450 g/mol. The van der Waals surface area contributed by atoms with Crippen LogP contribution in [0.25, 0.3) is 0 Å². The Labute approximate surface area is 185 Å². The van der Waals surface area contributed by atoms with Crippen LogP contribution in [-0.4, -0.2) is 40.7 Å². The summed E-state index contributed by atoms with van der Waals surface area (Å²) in [5.74, 6) is -0.960. The van der Waals surface area contributed by atoms with Crippen LogP contribution in [0.1, 0.15) is 58.9 Å². The summed E-state index contributed by atoms with van der Waals surface area (Å²) in [5, 5.41) is 9.67. The number of piperidine rings is 1. The summed E-state index contributed by atoms with van der Waals surface area (Å²) < 4.78 is 33.0. The van der Waals surface area contributed by atoms with Gasteiger partial charge < -0.3 is 9.84 Å². The molecular formula is C23H25ClF2N2O3. The average Bonchev–Trinajstić information content (AvgIpc) is 3.58. The first-order valence-electron chi connectivity index (χ1n) is 10.6. The lowest BCUT2D eigenvalue weighted by atomic mass is 9.97. The minimum Gasteiger partial charge on any atom is -0.493 e. The summed E-state index contributed by atoms with van der Waals surface area (Å²) in [4.78, 5) is 17.8. The lowest BCUT2D eigenvalue weighted by Gasteiger charge is -2.31. The van der Waals surface area contributed by atoms with Crippen molar-refractivity contribution in [3.8, 4) is 5.75 Å². The van der Waals surface area contributed by atoms with Crippen LogP contribution in [0.2, 0.25) is 5.02 Å². The first kappa shape index (κ1) is 22.0. The van der Waals surface area contributed by atoms with Crippen LogP contribution in [0, 0.1) is 11.7 Å². The molecule has 1 N–H and O–H groups in total. The normalized spacial score (nSPS) is 17.6. The van der Waals surface area contributed by atoms with Gasteiger partial charge in [0.2, 0.25) is 0 Å². The zero-order chi connectivity index (χ0) is 22.0. The van der Waals surface area contributed by atoms with Gasteiger partial charge in [0.25, 0.3) is 0 Å². The molecular weight excluding hydrogens is 426 g/mol. The summed E-state index contributed by atoms with van der Waals surface area (Å²) >= 11 is 6.05. The summed E-state index contributed by atoms with van der Waals surface area (Å²) in [7, 11) is 0. The van der Waals surface area contributed by atoms with Gasteiger partial charge in [-0.3, -0.25) is 9.88 Å². The standard InChI is InChI=1S/C23H25ClF2N2O3/c24-16-7-17(11-25)27-18(8-16)12-28-5-3-14(4-6-28)13-31-22-10-21(26)20(23(29)30)9-19(22)15-1-2-15/h7-10,14-15H,1-6,11-13H2,(H,29,30). The Hall–Kier alpha value is -2.25. The number of ether oxygens (including phenoxy) is 1. The van der Waals surface area contributed by atoms with Crippen LogP contribution in [0.15, 0.2) is 24.3 Å². The largest absolute Gasteiger partial charge is 0.493 e. The molecule has 0 atom stereocenters. The summed E-state index contributed by atoms with van der Waals surface area (Å²) in [5.41, 5.74) is 1.61.